The van der Waals surface area contributed by atoms with E-state index in [4.69, 9.17) is 9.84 Å². The Kier molecular flexibility index (Phi) is 3.99. The van der Waals surface area contributed by atoms with Gasteiger partial charge in [0.15, 0.2) is 0 Å². The number of carboxylic acid groups (broad SMARTS) is 1. The molecule has 0 spiro atoms. The fraction of sp³-hybridized carbons (Fsp3) is 0.600. The summed E-state index contributed by atoms with van der Waals surface area (Å²) in [5.74, 6) is -0.992. The van der Waals surface area contributed by atoms with Crippen LogP contribution in [0.2, 0.25) is 0 Å². The van der Waals surface area contributed by atoms with Crippen molar-refractivity contribution >= 4 is 23.2 Å². The van der Waals surface area contributed by atoms with Gasteiger partial charge in [-0.1, -0.05) is 12.8 Å². The number of aliphatic carboxylic acids is 1. The minimum atomic E-state index is -0.851. The summed E-state index contributed by atoms with van der Waals surface area (Å²) in [5, 5.41) is 12.1. The normalized spacial score (nSPS) is 20.0. The molecule has 1 aromatic heterocycles. The molecule has 0 unspecified atom stereocenters. The summed E-state index contributed by atoms with van der Waals surface area (Å²) >= 11 is 1.50. The molecule has 0 atom stereocenters. The topological polar surface area (TPSA) is 75.6 Å². The fourth-order valence-electron chi connectivity index (χ4n) is 3.25. The van der Waals surface area contributed by atoms with Crippen LogP contribution >= 0.6 is 11.3 Å². The van der Waals surface area contributed by atoms with Crippen LogP contribution in [0.3, 0.4) is 0 Å². The molecule has 0 saturated heterocycles. The van der Waals surface area contributed by atoms with Gasteiger partial charge in [0.25, 0.3) is 5.91 Å². The number of hydrogen-bond acceptors (Lipinski definition) is 4. The summed E-state index contributed by atoms with van der Waals surface area (Å²) in [6.07, 6.45) is 4.31. The molecule has 5 nitrogen and oxygen atoms in total. The number of carbonyl (C=O) groups is 2. The number of rotatable bonds is 4. The van der Waals surface area contributed by atoms with E-state index >= 15 is 0 Å². The number of ether oxygens (including phenoxy) is 1. The molecule has 2 N–H and O–H groups in total. The first-order chi connectivity index (χ1) is 10.1. The van der Waals surface area contributed by atoms with Crippen molar-refractivity contribution < 1.29 is 19.4 Å². The summed E-state index contributed by atoms with van der Waals surface area (Å²) in [6, 6.07) is 1.89. The van der Waals surface area contributed by atoms with Crippen LogP contribution in [-0.4, -0.2) is 29.1 Å². The van der Waals surface area contributed by atoms with E-state index in [1.54, 1.807) is 0 Å². The molecule has 21 heavy (non-hydrogen) atoms. The lowest BCUT2D eigenvalue weighted by Gasteiger charge is -2.28. The summed E-state index contributed by atoms with van der Waals surface area (Å²) in [5.41, 5.74) is 0.527. The number of fused-ring (bicyclic) bond motifs is 1. The van der Waals surface area contributed by atoms with E-state index < -0.39 is 11.5 Å². The van der Waals surface area contributed by atoms with Crippen LogP contribution in [0.15, 0.2) is 6.07 Å². The van der Waals surface area contributed by atoms with Gasteiger partial charge in [0.1, 0.15) is 0 Å². The Morgan fingerprint density at radius 2 is 2.14 bits per heavy atom. The standard InChI is InChI=1S/C15H19NO4S/c17-13(18)8-15(4-1-2-5-15)16-14(19)12-7-10-9-20-6-3-11(10)21-12/h7H,1-6,8-9H2,(H,16,19)(H,17,18). The SMILES string of the molecule is O=C(O)CC1(NC(=O)c2cc3c(s2)CCOC3)CCCC1. The Morgan fingerprint density at radius 3 is 2.81 bits per heavy atom. The van der Waals surface area contributed by atoms with Crippen LogP contribution < -0.4 is 5.32 Å². The first-order valence-electron chi connectivity index (χ1n) is 7.32. The van der Waals surface area contributed by atoms with Crippen molar-refractivity contribution in [3.8, 4) is 0 Å². The molecule has 1 amide bonds. The van der Waals surface area contributed by atoms with Crippen molar-refractivity contribution in [2.75, 3.05) is 6.61 Å². The molecule has 6 heteroatoms. The van der Waals surface area contributed by atoms with Crippen LogP contribution in [0.5, 0.6) is 0 Å². The molecule has 2 heterocycles. The van der Waals surface area contributed by atoms with E-state index in [-0.39, 0.29) is 12.3 Å². The summed E-state index contributed by atoms with van der Waals surface area (Å²) < 4.78 is 5.39. The predicted molar refractivity (Wildman–Crippen MR) is 78.6 cm³/mol. The smallest absolute Gasteiger partial charge is 0.305 e. The van der Waals surface area contributed by atoms with Gasteiger partial charge in [0, 0.05) is 11.3 Å². The molecule has 1 fully saturated rings. The molecule has 114 valence electrons. The minimum absolute atomic E-state index is 0.00689. The molecule has 2 aliphatic rings. The number of thiophene rings is 1. The molecule has 0 aromatic carbocycles. The van der Waals surface area contributed by atoms with E-state index in [1.807, 2.05) is 6.07 Å². The maximum Gasteiger partial charge on any atom is 0.305 e. The molecule has 0 bridgehead atoms. The van der Waals surface area contributed by atoms with Gasteiger partial charge in [-0.15, -0.1) is 11.3 Å². The lowest BCUT2D eigenvalue weighted by molar-refractivity contribution is -0.138. The first kappa shape index (κ1) is 14.5. The van der Waals surface area contributed by atoms with Crippen molar-refractivity contribution in [1.82, 2.24) is 5.32 Å². The molecular formula is C15H19NO4S. The fourth-order valence-corrected chi connectivity index (χ4v) is 4.29. The quantitative estimate of drug-likeness (QED) is 0.895. The zero-order valence-corrected chi connectivity index (χ0v) is 12.6. The van der Waals surface area contributed by atoms with Crippen molar-refractivity contribution in [3.05, 3.63) is 21.4 Å². The van der Waals surface area contributed by atoms with Gasteiger partial charge in [0.05, 0.1) is 30.1 Å². The maximum absolute atomic E-state index is 12.5. The number of nitrogens with one attached hydrogen (secondary N) is 1. The van der Waals surface area contributed by atoms with Crippen molar-refractivity contribution in [1.29, 1.82) is 0 Å². The summed E-state index contributed by atoms with van der Waals surface area (Å²) in [6.45, 7) is 1.27. The minimum Gasteiger partial charge on any atom is -0.481 e. The third-order valence-corrected chi connectivity index (χ3v) is 5.52. The van der Waals surface area contributed by atoms with Gasteiger partial charge in [-0.05, 0) is 24.5 Å². The molecule has 1 saturated carbocycles. The van der Waals surface area contributed by atoms with E-state index in [2.05, 4.69) is 5.32 Å². The molecule has 0 radical (unpaired) electrons. The second kappa shape index (κ2) is 5.77. The Hall–Kier alpha value is -1.40. The van der Waals surface area contributed by atoms with Gasteiger partial charge in [0.2, 0.25) is 0 Å². The predicted octanol–water partition coefficient (Wildman–Crippen LogP) is 2.34. The van der Waals surface area contributed by atoms with Gasteiger partial charge in [-0.25, -0.2) is 0 Å². The third-order valence-electron chi connectivity index (χ3n) is 4.28. The number of carboxylic acids is 1. The average molecular weight is 309 g/mol. The van der Waals surface area contributed by atoms with Crippen LogP contribution in [0.1, 0.15) is 52.2 Å². The van der Waals surface area contributed by atoms with Crippen molar-refractivity contribution in [2.45, 2.75) is 50.7 Å². The third kappa shape index (κ3) is 3.11. The Balaban J connectivity index is 1.75. The number of carbonyl (C=O) groups excluding carboxylic acids is 1. The molecule has 1 aliphatic heterocycles. The largest absolute Gasteiger partial charge is 0.481 e. The lowest BCUT2D eigenvalue weighted by Crippen LogP contribution is -2.47. The zero-order valence-electron chi connectivity index (χ0n) is 11.8. The molecule has 3 rings (SSSR count). The highest BCUT2D eigenvalue weighted by Crippen LogP contribution is 2.34. The maximum atomic E-state index is 12.5. The number of amides is 1. The molecule has 1 aromatic rings. The van der Waals surface area contributed by atoms with Crippen molar-refractivity contribution in [2.24, 2.45) is 0 Å². The van der Waals surface area contributed by atoms with Gasteiger partial charge in [-0.3, -0.25) is 9.59 Å². The lowest BCUT2D eigenvalue weighted by atomic mass is 9.93. The zero-order chi connectivity index (χ0) is 14.9. The molecule has 1 aliphatic carbocycles. The monoisotopic (exact) mass is 309 g/mol. The number of hydrogen-bond donors (Lipinski definition) is 2. The Morgan fingerprint density at radius 1 is 1.38 bits per heavy atom. The average Bonchev–Trinajstić information content (AvgIpc) is 3.04. The van der Waals surface area contributed by atoms with Crippen molar-refractivity contribution in [3.63, 3.8) is 0 Å². The van der Waals surface area contributed by atoms with Gasteiger partial charge < -0.3 is 15.2 Å². The Bertz CT molecular complexity index is 537. The van der Waals surface area contributed by atoms with Gasteiger partial charge >= 0.3 is 5.97 Å². The van der Waals surface area contributed by atoms with E-state index in [0.29, 0.717) is 18.1 Å². The van der Waals surface area contributed by atoms with E-state index in [0.717, 1.165) is 37.7 Å². The summed E-state index contributed by atoms with van der Waals surface area (Å²) in [7, 11) is 0. The van der Waals surface area contributed by atoms with E-state index in [1.165, 1.54) is 16.2 Å². The first-order valence-corrected chi connectivity index (χ1v) is 8.13. The highest BCUT2D eigenvalue weighted by atomic mass is 32.1. The van der Waals surface area contributed by atoms with Gasteiger partial charge in [-0.2, -0.15) is 0 Å². The second-order valence-electron chi connectivity index (χ2n) is 5.87. The second-order valence-corrected chi connectivity index (χ2v) is 7.01. The van der Waals surface area contributed by atoms with Crippen LogP contribution in [0.25, 0.3) is 0 Å². The summed E-state index contributed by atoms with van der Waals surface area (Å²) in [4.78, 5) is 25.4. The van der Waals surface area contributed by atoms with Crippen LogP contribution in [0, 0.1) is 0 Å². The van der Waals surface area contributed by atoms with E-state index in [9.17, 15) is 9.59 Å². The molecular weight excluding hydrogens is 290 g/mol. The van der Waals surface area contributed by atoms with Crippen LogP contribution in [0.4, 0.5) is 0 Å². The Labute approximate surface area is 127 Å². The van der Waals surface area contributed by atoms with Crippen LogP contribution in [-0.2, 0) is 22.6 Å². The highest BCUT2D eigenvalue weighted by Gasteiger charge is 2.38. The highest BCUT2D eigenvalue weighted by molar-refractivity contribution is 7.14.